The molecule has 1 saturated heterocycles. The predicted octanol–water partition coefficient (Wildman–Crippen LogP) is 3.43. The van der Waals surface area contributed by atoms with E-state index in [1.807, 2.05) is 17.0 Å². The number of likely N-dealkylation sites (tertiary alicyclic amines) is 1. The molecule has 3 rings (SSSR count). The van der Waals surface area contributed by atoms with Crippen LogP contribution in [0.25, 0.3) is 11.1 Å². The third-order valence-electron chi connectivity index (χ3n) is 5.75. The maximum absolute atomic E-state index is 12.7. The van der Waals surface area contributed by atoms with Gasteiger partial charge in [0.25, 0.3) is 0 Å². The Morgan fingerprint density at radius 3 is 2.23 bits per heavy atom. The van der Waals surface area contributed by atoms with Gasteiger partial charge in [0.2, 0.25) is 5.91 Å². The summed E-state index contributed by atoms with van der Waals surface area (Å²) in [5.74, 6) is 0.0387. The molecule has 0 bridgehead atoms. The number of hydrogen-bond donors (Lipinski definition) is 1. The van der Waals surface area contributed by atoms with Gasteiger partial charge in [0, 0.05) is 46.2 Å². The summed E-state index contributed by atoms with van der Waals surface area (Å²) in [5, 5.41) is 3.12. The summed E-state index contributed by atoms with van der Waals surface area (Å²) in [6, 6.07) is 16.9. The first-order chi connectivity index (χ1) is 14.8. The van der Waals surface area contributed by atoms with Gasteiger partial charge in [-0.25, -0.2) is 4.79 Å². The minimum Gasteiger partial charge on any atom is -0.352 e. The largest absolute Gasteiger partial charge is 0.352 e. The molecule has 1 fully saturated rings. The first-order valence-electron chi connectivity index (χ1n) is 10.9. The highest BCUT2D eigenvalue weighted by Crippen LogP contribution is 2.25. The lowest BCUT2D eigenvalue weighted by Crippen LogP contribution is -2.46. The maximum atomic E-state index is 12.7. The molecule has 0 saturated carbocycles. The molecule has 0 radical (unpaired) electrons. The Balaban J connectivity index is 1.59. The van der Waals surface area contributed by atoms with Crippen molar-refractivity contribution in [2.24, 2.45) is 5.92 Å². The van der Waals surface area contributed by atoms with Crippen LogP contribution in [0.2, 0.25) is 0 Å². The van der Waals surface area contributed by atoms with Crippen molar-refractivity contribution in [3.8, 4) is 11.1 Å². The standard InChI is InChI=1S/C25H34N4O2/c1-27(2)18-19-9-11-20(12-10-19)23-8-6-5-7-22(23)17-26-24(30)21-13-15-29(16-14-21)25(31)28(3)4/h5-12,21H,13-18H2,1-4H3,(H,26,30). The molecule has 0 spiro atoms. The second-order valence-corrected chi connectivity index (χ2v) is 8.75. The summed E-state index contributed by atoms with van der Waals surface area (Å²) in [4.78, 5) is 30.4. The van der Waals surface area contributed by atoms with Crippen molar-refractivity contribution >= 4 is 11.9 Å². The Bertz CT molecular complexity index is 885. The Kier molecular flexibility index (Phi) is 7.69. The number of urea groups is 1. The molecule has 0 aliphatic carbocycles. The van der Waals surface area contributed by atoms with E-state index in [-0.39, 0.29) is 17.9 Å². The van der Waals surface area contributed by atoms with Crippen LogP contribution in [0.5, 0.6) is 0 Å². The van der Waals surface area contributed by atoms with E-state index in [2.05, 4.69) is 60.7 Å². The summed E-state index contributed by atoms with van der Waals surface area (Å²) in [6.07, 6.45) is 1.42. The molecule has 0 atom stereocenters. The van der Waals surface area contributed by atoms with Gasteiger partial charge in [-0.15, -0.1) is 0 Å². The SMILES string of the molecule is CN(C)Cc1ccc(-c2ccccc2CNC(=O)C2CCN(C(=O)N(C)C)CC2)cc1. The summed E-state index contributed by atoms with van der Waals surface area (Å²) in [6.45, 7) is 2.68. The van der Waals surface area contributed by atoms with Crippen LogP contribution in [0.3, 0.4) is 0 Å². The normalized spacial score (nSPS) is 14.5. The van der Waals surface area contributed by atoms with Crippen molar-refractivity contribution in [3.05, 3.63) is 59.7 Å². The van der Waals surface area contributed by atoms with Crippen molar-refractivity contribution in [1.82, 2.24) is 20.0 Å². The molecule has 31 heavy (non-hydrogen) atoms. The van der Waals surface area contributed by atoms with Gasteiger partial charge in [0.15, 0.2) is 0 Å². The highest BCUT2D eigenvalue weighted by Gasteiger charge is 2.27. The second kappa shape index (κ2) is 10.4. The van der Waals surface area contributed by atoms with E-state index in [4.69, 9.17) is 0 Å². The van der Waals surface area contributed by atoms with Crippen LogP contribution < -0.4 is 5.32 Å². The first kappa shape index (κ1) is 22.8. The number of nitrogens with one attached hydrogen (secondary N) is 1. The molecule has 2 aromatic carbocycles. The molecule has 3 amide bonds. The zero-order valence-corrected chi connectivity index (χ0v) is 19.1. The summed E-state index contributed by atoms with van der Waals surface area (Å²) >= 11 is 0. The van der Waals surface area contributed by atoms with Crippen LogP contribution in [0, 0.1) is 5.92 Å². The molecule has 1 N–H and O–H groups in total. The molecule has 1 aliphatic heterocycles. The van der Waals surface area contributed by atoms with Gasteiger partial charge >= 0.3 is 6.03 Å². The molecule has 0 aromatic heterocycles. The topological polar surface area (TPSA) is 55.9 Å². The van der Waals surface area contributed by atoms with Crippen LogP contribution in [0.4, 0.5) is 4.79 Å². The fourth-order valence-corrected chi connectivity index (χ4v) is 4.05. The zero-order valence-electron chi connectivity index (χ0n) is 19.1. The van der Waals surface area contributed by atoms with Gasteiger partial charge in [-0.05, 0) is 49.2 Å². The average Bonchev–Trinajstić information content (AvgIpc) is 2.77. The molecular weight excluding hydrogens is 388 g/mol. The van der Waals surface area contributed by atoms with Gasteiger partial charge in [-0.2, -0.15) is 0 Å². The van der Waals surface area contributed by atoms with Crippen molar-refractivity contribution in [2.75, 3.05) is 41.3 Å². The quantitative estimate of drug-likeness (QED) is 0.776. The zero-order chi connectivity index (χ0) is 22.4. The van der Waals surface area contributed by atoms with Crippen molar-refractivity contribution in [1.29, 1.82) is 0 Å². The fraction of sp³-hybridized carbons (Fsp3) is 0.440. The van der Waals surface area contributed by atoms with Crippen molar-refractivity contribution < 1.29 is 9.59 Å². The van der Waals surface area contributed by atoms with Crippen molar-refractivity contribution in [2.45, 2.75) is 25.9 Å². The smallest absolute Gasteiger partial charge is 0.319 e. The number of piperidine rings is 1. The van der Waals surface area contributed by atoms with Crippen LogP contribution in [0.15, 0.2) is 48.5 Å². The molecular formula is C25H34N4O2. The van der Waals surface area contributed by atoms with E-state index >= 15 is 0 Å². The van der Waals surface area contributed by atoms with Crippen LogP contribution in [-0.2, 0) is 17.9 Å². The molecule has 6 nitrogen and oxygen atoms in total. The number of hydrogen-bond acceptors (Lipinski definition) is 3. The Morgan fingerprint density at radius 1 is 0.968 bits per heavy atom. The minimum atomic E-state index is -0.0382. The number of carbonyl (C=O) groups excluding carboxylic acids is 2. The lowest BCUT2D eigenvalue weighted by atomic mass is 9.95. The number of rotatable bonds is 6. The highest BCUT2D eigenvalue weighted by molar-refractivity contribution is 5.80. The fourth-order valence-electron chi connectivity index (χ4n) is 4.05. The number of carbonyl (C=O) groups is 2. The summed E-state index contributed by atoms with van der Waals surface area (Å²) < 4.78 is 0. The molecule has 6 heteroatoms. The first-order valence-corrected chi connectivity index (χ1v) is 10.9. The summed E-state index contributed by atoms with van der Waals surface area (Å²) in [7, 11) is 7.65. The van der Waals surface area contributed by atoms with Crippen LogP contribution in [-0.4, -0.2) is 67.9 Å². The lowest BCUT2D eigenvalue weighted by Gasteiger charge is -2.33. The second-order valence-electron chi connectivity index (χ2n) is 8.75. The Hall–Kier alpha value is -2.86. The molecule has 1 aliphatic rings. The number of benzene rings is 2. The number of amides is 3. The molecule has 2 aromatic rings. The molecule has 1 heterocycles. The predicted molar refractivity (Wildman–Crippen MR) is 124 cm³/mol. The average molecular weight is 423 g/mol. The third kappa shape index (κ3) is 6.07. The molecule has 166 valence electrons. The maximum Gasteiger partial charge on any atom is 0.319 e. The minimum absolute atomic E-state index is 0.0179. The van der Waals surface area contributed by atoms with E-state index in [9.17, 15) is 9.59 Å². The Morgan fingerprint density at radius 2 is 1.61 bits per heavy atom. The van der Waals surface area contributed by atoms with E-state index in [1.165, 1.54) is 5.56 Å². The van der Waals surface area contributed by atoms with Gasteiger partial charge < -0.3 is 20.0 Å². The third-order valence-corrected chi connectivity index (χ3v) is 5.75. The van der Waals surface area contributed by atoms with Crippen LogP contribution in [0.1, 0.15) is 24.0 Å². The van der Waals surface area contributed by atoms with Crippen molar-refractivity contribution in [3.63, 3.8) is 0 Å². The molecule has 0 unspecified atom stereocenters. The van der Waals surface area contributed by atoms with E-state index in [0.717, 1.165) is 23.2 Å². The van der Waals surface area contributed by atoms with E-state index in [0.29, 0.717) is 32.5 Å². The lowest BCUT2D eigenvalue weighted by molar-refractivity contribution is -0.126. The summed E-state index contributed by atoms with van der Waals surface area (Å²) in [5.41, 5.74) is 4.68. The van der Waals surface area contributed by atoms with Gasteiger partial charge in [-0.3, -0.25) is 4.79 Å². The van der Waals surface area contributed by atoms with E-state index < -0.39 is 0 Å². The highest BCUT2D eigenvalue weighted by atomic mass is 16.2. The Labute approximate surface area is 185 Å². The van der Waals surface area contributed by atoms with Crippen LogP contribution >= 0.6 is 0 Å². The van der Waals surface area contributed by atoms with E-state index in [1.54, 1.807) is 19.0 Å². The van der Waals surface area contributed by atoms with Gasteiger partial charge in [0.05, 0.1) is 0 Å². The monoisotopic (exact) mass is 422 g/mol. The number of nitrogens with zero attached hydrogens (tertiary/aromatic N) is 3. The van der Waals surface area contributed by atoms with Gasteiger partial charge in [-0.1, -0.05) is 48.5 Å². The van der Waals surface area contributed by atoms with Gasteiger partial charge in [0.1, 0.15) is 0 Å².